The molecule has 1 nitrogen and oxygen atoms in total. The Hall–Kier alpha value is -1.41. The maximum Gasteiger partial charge on any atom is 0.0855 e. The molecule has 0 fully saturated rings. The smallest absolute Gasteiger partial charge is 0.0855 e. The Morgan fingerprint density at radius 1 is 0.947 bits per heavy atom. The summed E-state index contributed by atoms with van der Waals surface area (Å²) in [5, 5.41) is 0. The number of hydrogen-bond acceptors (Lipinski definition) is 1. The first-order valence-corrected chi connectivity index (χ1v) is 7.73. The average Bonchev–Trinajstić information content (AvgIpc) is 2.38. The predicted octanol–water partition coefficient (Wildman–Crippen LogP) is 4.59. The van der Waals surface area contributed by atoms with Gasteiger partial charge in [-0.05, 0) is 48.6 Å². The number of rotatable bonds is 3. The summed E-state index contributed by atoms with van der Waals surface area (Å²) in [5.74, 6) is 0.378. The molecule has 0 bridgehead atoms. The molecule has 0 heterocycles. The molecule has 0 radical (unpaired) electrons. The normalized spacial score (nSPS) is 12.7. The van der Waals surface area contributed by atoms with E-state index in [4.69, 9.17) is 0 Å². The monoisotopic (exact) mass is 272 g/mol. The highest BCUT2D eigenvalue weighted by Gasteiger charge is 2.15. The maximum absolute atomic E-state index is 12.9. The fourth-order valence-corrected chi connectivity index (χ4v) is 3.77. The molecule has 2 heteroatoms. The highest BCUT2D eigenvalue weighted by molar-refractivity contribution is 7.85. The van der Waals surface area contributed by atoms with Gasteiger partial charge in [-0.1, -0.05) is 44.2 Å². The van der Waals surface area contributed by atoms with Crippen molar-refractivity contribution >= 4 is 10.8 Å². The van der Waals surface area contributed by atoms with Gasteiger partial charge >= 0.3 is 0 Å². The zero-order chi connectivity index (χ0) is 14.0. The number of hydrogen-bond donors (Lipinski definition) is 0. The molecule has 100 valence electrons. The summed E-state index contributed by atoms with van der Waals surface area (Å²) in [4.78, 5) is 1.86. The summed E-state index contributed by atoms with van der Waals surface area (Å²) < 4.78 is 12.9. The minimum absolute atomic E-state index is 0.378. The zero-order valence-corrected chi connectivity index (χ0v) is 12.8. The van der Waals surface area contributed by atoms with Gasteiger partial charge in [0.1, 0.15) is 0 Å². The molecule has 2 aromatic carbocycles. The van der Waals surface area contributed by atoms with Gasteiger partial charge < -0.3 is 0 Å². The summed E-state index contributed by atoms with van der Waals surface area (Å²) in [6.07, 6.45) is 0. The molecular weight excluding hydrogens is 252 g/mol. The summed E-state index contributed by atoms with van der Waals surface area (Å²) in [7, 11) is -1.10. The van der Waals surface area contributed by atoms with Crippen LogP contribution in [0.1, 0.15) is 36.5 Å². The molecule has 0 spiro atoms. The Morgan fingerprint density at radius 3 is 2.26 bits per heavy atom. The lowest BCUT2D eigenvalue weighted by atomic mass is 10.0. The third kappa shape index (κ3) is 2.95. The predicted molar refractivity (Wildman–Crippen MR) is 81.1 cm³/mol. The average molecular weight is 272 g/mol. The van der Waals surface area contributed by atoms with Crippen LogP contribution in [0, 0.1) is 13.8 Å². The van der Waals surface area contributed by atoms with Crippen molar-refractivity contribution in [3.8, 4) is 0 Å². The van der Waals surface area contributed by atoms with E-state index < -0.39 is 10.8 Å². The summed E-state index contributed by atoms with van der Waals surface area (Å²) in [5.41, 5.74) is 3.41. The van der Waals surface area contributed by atoms with Gasteiger partial charge in [0.05, 0.1) is 10.8 Å². The second kappa shape index (κ2) is 5.70. The van der Waals surface area contributed by atoms with E-state index >= 15 is 0 Å². The van der Waals surface area contributed by atoms with Crippen molar-refractivity contribution in [2.45, 2.75) is 43.4 Å². The Labute approximate surface area is 118 Å². The minimum atomic E-state index is -1.10. The second-order valence-corrected chi connectivity index (χ2v) is 6.65. The van der Waals surface area contributed by atoms with Gasteiger partial charge in [-0.15, -0.1) is 0 Å². The molecular formula is C17H20OS. The van der Waals surface area contributed by atoms with Gasteiger partial charge in [-0.2, -0.15) is 0 Å². The molecule has 1 atom stereocenters. The fraction of sp³-hybridized carbons (Fsp3) is 0.294. The summed E-state index contributed by atoms with van der Waals surface area (Å²) in [6.45, 7) is 8.34. The molecule has 0 aliphatic carbocycles. The molecule has 0 saturated heterocycles. The topological polar surface area (TPSA) is 17.1 Å². The van der Waals surface area contributed by atoms with Crippen molar-refractivity contribution in [2.24, 2.45) is 0 Å². The Kier molecular flexibility index (Phi) is 4.20. The van der Waals surface area contributed by atoms with Crippen molar-refractivity contribution < 1.29 is 4.21 Å². The minimum Gasteiger partial charge on any atom is -0.249 e. The highest BCUT2D eigenvalue weighted by atomic mass is 32.2. The van der Waals surface area contributed by atoms with Crippen LogP contribution in [0.5, 0.6) is 0 Å². The van der Waals surface area contributed by atoms with Crippen LogP contribution in [0.25, 0.3) is 0 Å². The Morgan fingerprint density at radius 2 is 1.63 bits per heavy atom. The molecule has 0 N–H and O–H groups in total. The first-order chi connectivity index (χ1) is 9.00. The second-order valence-electron chi connectivity index (χ2n) is 5.23. The quantitative estimate of drug-likeness (QED) is 0.798. The van der Waals surface area contributed by atoms with E-state index in [9.17, 15) is 4.21 Å². The lowest BCUT2D eigenvalue weighted by molar-refractivity contribution is 0.680. The molecule has 2 rings (SSSR count). The van der Waals surface area contributed by atoms with E-state index in [0.29, 0.717) is 5.92 Å². The number of aryl methyl sites for hydroxylation is 2. The van der Waals surface area contributed by atoms with E-state index in [1.54, 1.807) is 0 Å². The lowest BCUT2D eigenvalue weighted by Crippen LogP contribution is -2.02. The van der Waals surface area contributed by atoms with E-state index in [1.165, 1.54) is 5.56 Å². The Bertz CT molecular complexity index is 614. The van der Waals surface area contributed by atoms with Crippen LogP contribution in [0.4, 0.5) is 0 Å². The van der Waals surface area contributed by atoms with Gasteiger partial charge in [0, 0.05) is 9.79 Å². The van der Waals surface area contributed by atoms with E-state index in [1.807, 2.05) is 38.1 Å². The molecule has 19 heavy (non-hydrogen) atoms. The van der Waals surface area contributed by atoms with Crippen LogP contribution in [-0.4, -0.2) is 4.21 Å². The molecule has 0 aromatic heterocycles. The first-order valence-electron chi connectivity index (χ1n) is 6.58. The van der Waals surface area contributed by atoms with Crippen molar-refractivity contribution in [1.29, 1.82) is 0 Å². The fourth-order valence-electron chi connectivity index (χ4n) is 2.16. The summed E-state index contributed by atoms with van der Waals surface area (Å²) >= 11 is 0. The largest absolute Gasteiger partial charge is 0.249 e. The van der Waals surface area contributed by atoms with E-state index in [2.05, 4.69) is 32.0 Å². The van der Waals surface area contributed by atoms with Crippen LogP contribution in [0.2, 0.25) is 0 Å². The van der Waals surface area contributed by atoms with Gasteiger partial charge in [-0.3, -0.25) is 0 Å². The Balaban J connectivity index is 2.56. The highest BCUT2D eigenvalue weighted by Crippen LogP contribution is 2.28. The van der Waals surface area contributed by atoms with E-state index in [0.717, 1.165) is 20.9 Å². The van der Waals surface area contributed by atoms with Gasteiger partial charge in [0.2, 0.25) is 0 Å². The summed E-state index contributed by atoms with van der Waals surface area (Å²) in [6, 6.07) is 14.1. The van der Waals surface area contributed by atoms with Crippen molar-refractivity contribution in [2.75, 3.05) is 0 Å². The van der Waals surface area contributed by atoms with Crippen molar-refractivity contribution in [1.82, 2.24) is 0 Å². The molecule has 0 aliphatic rings. The lowest BCUT2D eigenvalue weighted by Gasteiger charge is -2.14. The molecule has 0 saturated carbocycles. The molecule has 0 amide bonds. The molecule has 1 unspecified atom stereocenters. The van der Waals surface area contributed by atoms with Crippen LogP contribution in [-0.2, 0) is 10.8 Å². The van der Waals surface area contributed by atoms with Crippen LogP contribution < -0.4 is 0 Å². The third-order valence-electron chi connectivity index (χ3n) is 3.28. The standard InChI is InChI=1S/C17H20OS/c1-12(2)15-10-9-13(3)11-17(15)19(18)16-8-6-5-7-14(16)4/h5-12H,1-4H3. The van der Waals surface area contributed by atoms with Crippen LogP contribution in [0.3, 0.4) is 0 Å². The van der Waals surface area contributed by atoms with Gasteiger partial charge in [-0.25, -0.2) is 4.21 Å². The maximum atomic E-state index is 12.9. The van der Waals surface area contributed by atoms with Crippen molar-refractivity contribution in [3.05, 3.63) is 59.2 Å². The number of benzene rings is 2. The molecule has 0 aliphatic heterocycles. The van der Waals surface area contributed by atoms with Gasteiger partial charge in [0.25, 0.3) is 0 Å². The third-order valence-corrected chi connectivity index (χ3v) is 4.89. The van der Waals surface area contributed by atoms with Gasteiger partial charge in [0.15, 0.2) is 0 Å². The van der Waals surface area contributed by atoms with Crippen molar-refractivity contribution in [3.63, 3.8) is 0 Å². The molecule has 2 aromatic rings. The first kappa shape index (κ1) is 14.0. The van der Waals surface area contributed by atoms with Crippen LogP contribution in [0.15, 0.2) is 52.3 Å². The SMILES string of the molecule is Cc1ccc(C(C)C)c(S(=O)c2ccccc2C)c1. The van der Waals surface area contributed by atoms with Crippen LogP contribution >= 0.6 is 0 Å². The zero-order valence-electron chi connectivity index (χ0n) is 11.9. The van der Waals surface area contributed by atoms with E-state index in [-0.39, 0.29) is 0 Å².